The van der Waals surface area contributed by atoms with Crippen molar-refractivity contribution in [2.24, 2.45) is 10.9 Å². The van der Waals surface area contributed by atoms with Gasteiger partial charge in [0.15, 0.2) is 11.5 Å². The van der Waals surface area contributed by atoms with Crippen LogP contribution in [0.4, 0.5) is 0 Å². The summed E-state index contributed by atoms with van der Waals surface area (Å²) in [5.74, 6) is -0.0725. The van der Waals surface area contributed by atoms with Gasteiger partial charge in [0.2, 0.25) is 0 Å². The van der Waals surface area contributed by atoms with Crippen molar-refractivity contribution in [2.75, 3.05) is 0 Å². The van der Waals surface area contributed by atoms with Gasteiger partial charge in [-0.3, -0.25) is 0 Å². The Morgan fingerprint density at radius 1 is 1.46 bits per heavy atom. The van der Waals surface area contributed by atoms with Gasteiger partial charge < -0.3 is 15.9 Å². The standard InChI is InChI=1S/C6H6N6O/c7-5(12-13)3-4-6(10-1-8-3)11-2-9-4/h1-2,13H,(H2,7,12)(H,8,9,10,11). The van der Waals surface area contributed by atoms with E-state index < -0.39 is 0 Å². The first-order valence-electron chi connectivity index (χ1n) is 3.45. The van der Waals surface area contributed by atoms with Crippen LogP contribution in [0.2, 0.25) is 0 Å². The summed E-state index contributed by atoms with van der Waals surface area (Å²) in [7, 11) is 0. The van der Waals surface area contributed by atoms with Gasteiger partial charge in [0, 0.05) is 0 Å². The van der Waals surface area contributed by atoms with E-state index in [0.29, 0.717) is 16.9 Å². The van der Waals surface area contributed by atoms with E-state index in [9.17, 15) is 0 Å². The number of nitrogens with one attached hydrogen (secondary N) is 1. The van der Waals surface area contributed by atoms with Crippen molar-refractivity contribution >= 4 is 17.0 Å². The number of oxime groups is 1. The van der Waals surface area contributed by atoms with Crippen LogP contribution in [-0.4, -0.2) is 31.0 Å². The van der Waals surface area contributed by atoms with Gasteiger partial charge in [-0.1, -0.05) is 5.16 Å². The fourth-order valence-electron chi connectivity index (χ4n) is 1.01. The predicted molar refractivity (Wildman–Crippen MR) is 44.2 cm³/mol. The molecule has 0 atom stereocenters. The zero-order valence-electron chi connectivity index (χ0n) is 6.47. The first-order valence-corrected chi connectivity index (χ1v) is 3.45. The highest BCUT2D eigenvalue weighted by Gasteiger charge is 2.08. The molecule has 66 valence electrons. The Hall–Kier alpha value is -2.18. The molecule has 0 unspecified atom stereocenters. The third-order valence-electron chi connectivity index (χ3n) is 1.57. The van der Waals surface area contributed by atoms with Crippen LogP contribution in [0.5, 0.6) is 0 Å². The maximum atomic E-state index is 8.45. The molecule has 7 nitrogen and oxygen atoms in total. The smallest absolute Gasteiger partial charge is 0.191 e. The number of imidazole rings is 1. The topological polar surface area (TPSA) is 113 Å². The second-order valence-corrected chi connectivity index (χ2v) is 2.31. The van der Waals surface area contributed by atoms with Crippen molar-refractivity contribution in [2.45, 2.75) is 0 Å². The molecule has 2 rings (SSSR count). The molecule has 0 bridgehead atoms. The molecule has 0 spiro atoms. The molecular weight excluding hydrogens is 172 g/mol. The number of H-pyrrole nitrogens is 1. The minimum Gasteiger partial charge on any atom is -0.409 e. The number of aromatic nitrogens is 4. The summed E-state index contributed by atoms with van der Waals surface area (Å²) < 4.78 is 0. The van der Waals surface area contributed by atoms with Crippen LogP contribution in [0.3, 0.4) is 0 Å². The van der Waals surface area contributed by atoms with Gasteiger partial charge >= 0.3 is 0 Å². The summed E-state index contributed by atoms with van der Waals surface area (Å²) in [5, 5.41) is 11.3. The van der Waals surface area contributed by atoms with E-state index in [2.05, 4.69) is 25.1 Å². The molecule has 0 aromatic carbocycles. The number of nitrogens with two attached hydrogens (primary N) is 1. The molecule has 0 aliphatic carbocycles. The van der Waals surface area contributed by atoms with Gasteiger partial charge in [-0.05, 0) is 0 Å². The third-order valence-corrected chi connectivity index (χ3v) is 1.57. The Morgan fingerprint density at radius 2 is 2.31 bits per heavy atom. The van der Waals surface area contributed by atoms with Gasteiger partial charge in [0.1, 0.15) is 17.5 Å². The molecule has 0 saturated heterocycles. The molecule has 2 aromatic heterocycles. The van der Waals surface area contributed by atoms with Crippen molar-refractivity contribution in [3.05, 3.63) is 18.3 Å². The number of nitrogens with zero attached hydrogens (tertiary/aromatic N) is 4. The molecule has 7 heteroatoms. The van der Waals surface area contributed by atoms with E-state index >= 15 is 0 Å². The second-order valence-electron chi connectivity index (χ2n) is 2.31. The summed E-state index contributed by atoms with van der Waals surface area (Å²) in [5.41, 5.74) is 6.76. The lowest BCUT2D eigenvalue weighted by Gasteiger charge is -1.96. The van der Waals surface area contributed by atoms with Crippen LogP contribution in [0.15, 0.2) is 17.8 Å². The molecule has 0 amide bonds. The molecule has 4 N–H and O–H groups in total. The molecule has 13 heavy (non-hydrogen) atoms. The summed E-state index contributed by atoms with van der Waals surface area (Å²) in [6.45, 7) is 0. The molecule has 2 aromatic rings. The predicted octanol–water partition coefficient (Wildman–Crippen LogP) is -0.553. The largest absolute Gasteiger partial charge is 0.409 e. The van der Waals surface area contributed by atoms with E-state index in [1.807, 2.05) is 0 Å². The second kappa shape index (κ2) is 2.70. The maximum Gasteiger partial charge on any atom is 0.191 e. The summed E-state index contributed by atoms with van der Waals surface area (Å²) in [6, 6.07) is 0. The van der Waals surface area contributed by atoms with Gasteiger partial charge in [-0.2, -0.15) is 0 Å². The van der Waals surface area contributed by atoms with Crippen LogP contribution < -0.4 is 5.73 Å². The van der Waals surface area contributed by atoms with E-state index in [4.69, 9.17) is 10.9 Å². The molecular formula is C6H6N6O. The minimum atomic E-state index is -0.0725. The number of hydrogen-bond acceptors (Lipinski definition) is 5. The minimum absolute atomic E-state index is 0.0725. The summed E-state index contributed by atoms with van der Waals surface area (Å²) >= 11 is 0. The van der Waals surface area contributed by atoms with Crippen molar-refractivity contribution in [3.8, 4) is 0 Å². The van der Waals surface area contributed by atoms with Crippen LogP contribution in [0.25, 0.3) is 11.2 Å². The van der Waals surface area contributed by atoms with Crippen molar-refractivity contribution in [1.82, 2.24) is 19.9 Å². The summed E-state index contributed by atoms with van der Waals surface area (Å²) in [6.07, 6.45) is 2.77. The monoisotopic (exact) mass is 178 g/mol. The molecule has 0 saturated carbocycles. The highest BCUT2D eigenvalue weighted by atomic mass is 16.4. The number of aromatic amines is 1. The Bertz CT molecular complexity index is 461. The van der Waals surface area contributed by atoms with Gasteiger partial charge in [-0.15, -0.1) is 0 Å². The van der Waals surface area contributed by atoms with E-state index in [0.717, 1.165) is 0 Å². The van der Waals surface area contributed by atoms with E-state index in [-0.39, 0.29) is 5.84 Å². The van der Waals surface area contributed by atoms with Crippen LogP contribution in [-0.2, 0) is 0 Å². The SMILES string of the molecule is NC(=NO)c1ncnc2nc[nH]c12. The lowest BCUT2D eigenvalue weighted by Crippen LogP contribution is -2.15. The fraction of sp³-hybridized carbons (Fsp3) is 0. The third kappa shape index (κ3) is 1.06. The first kappa shape index (κ1) is 7.47. The highest BCUT2D eigenvalue weighted by molar-refractivity contribution is 6.03. The number of hydrogen-bond donors (Lipinski definition) is 3. The van der Waals surface area contributed by atoms with Crippen LogP contribution in [0, 0.1) is 0 Å². The van der Waals surface area contributed by atoms with Crippen LogP contribution in [0.1, 0.15) is 5.69 Å². The average molecular weight is 178 g/mol. The maximum absolute atomic E-state index is 8.45. The molecule has 0 aliphatic heterocycles. The highest BCUT2D eigenvalue weighted by Crippen LogP contribution is 2.08. The summed E-state index contributed by atoms with van der Waals surface area (Å²) in [4.78, 5) is 14.4. The van der Waals surface area contributed by atoms with Gasteiger partial charge in [0.05, 0.1) is 6.33 Å². The number of fused-ring (bicyclic) bond motifs is 1. The Balaban J connectivity index is 2.75. The normalized spacial score (nSPS) is 12.2. The lowest BCUT2D eigenvalue weighted by atomic mass is 10.3. The van der Waals surface area contributed by atoms with Crippen LogP contribution >= 0.6 is 0 Å². The molecule has 0 fully saturated rings. The molecule has 0 radical (unpaired) electrons. The van der Waals surface area contributed by atoms with E-state index in [1.165, 1.54) is 12.7 Å². The Kier molecular flexibility index (Phi) is 1.55. The average Bonchev–Trinajstić information content (AvgIpc) is 2.63. The van der Waals surface area contributed by atoms with Crippen molar-refractivity contribution in [1.29, 1.82) is 0 Å². The molecule has 0 aliphatic rings. The lowest BCUT2D eigenvalue weighted by molar-refractivity contribution is 0.318. The fourth-order valence-corrected chi connectivity index (χ4v) is 1.01. The Morgan fingerprint density at radius 3 is 3.08 bits per heavy atom. The number of rotatable bonds is 1. The quantitative estimate of drug-likeness (QED) is 0.234. The zero-order chi connectivity index (χ0) is 9.26. The van der Waals surface area contributed by atoms with Gasteiger partial charge in [0.25, 0.3) is 0 Å². The first-order chi connectivity index (χ1) is 6.33. The van der Waals surface area contributed by atoms with Gasteiger partial charge in [-0.25, -0.2) is 15.0 Å². The van der Waals surface area contributed by atoms with Crippen molar-refractivity contribution in [3.63, 3.8) is 0 Å². The van der Waals surface area contributed by atoms with E-state index in [1.54, 1.807) is 0 Å². The zero-order valence-corrected chi connectivity index (χ0v) is 6.47. The van der Waals surface area contributed by atoms with Crippen molar-refractivity contribution < 1.29 is 5.21 Å². The molecule has 2 heterocycles. The number of amidine groups is 1. The Labute approximate surface area is 72.3 Å².